The Balaban J connectivity index is 3.13. The van der Waals surface area contributed by atoms with Crippen molar-refractivity contribution in [1.29, 1.82) is 0 Å². The fourth-order valence-electron chi connectivity index (χ4n) is 1.45. The minimum absolute atomic E-state index is 0.346. The highest BCUT2D eigenvalue weighted by atomic mass is 16.5. The Morgan fingerprint density at radius 3 is 2.62 bits per heavy atom. The molecule has 72 valence electrons. The lowest BCUT2D eigenvalue weighted by Crippen LogP contribution is -1.93. The van der Waals surface area contributed by atoms with E-state index in [1.807, 2.05) is 13.0 Å². The predicted octanol–water partition coefficient (Wildman–Crippen LogP) is 2.66. The number of rotatable bonds is 3. The van der Waals surface area contributed by atoms with Crippen LogP contribution in [0.5, 0.6) is 11.5 Å². The molecule has 0 spiro atoms. The zero-order valence-corrected chi connectivity index (χ0v) is 8.42. The van der Waals surface area contributed by atoms with Crippen LogP contribution in [-0.4, -0.2) is 12.2 Å². The molecule has 1 aromatic carbocycles. The summed E-state index contributed by atoms with van der Waals surface area (Å²) in [5, 5.41) is 9.65. The lowest BCUT2D eigenvalue weighted by Gasteiger charge is -2.10. The fourth-order valence-corrected chi connectivity index (χ4v) is 1.45. The van der Waals surface area contributed by atoms with Gasteiger partial charge in [0.15, 0.2) is 0 Å². The minimum atomic E-state index is 0.346. The Bertz CT molecular complexity index is 292. The summed E-state index contributed by atoms with van der Waals surface area (Å²) in [4.78, 5) is 0. The van der Waals surface area contributed by atoms with E-state index in [2.05, 4.69) is 6.92 Å². The minimum Gasteiger partial charge on any atom is -0.508 e. The molecule has 0 unspecified atom stereocenters. The average molecular weight is 180 g/mol. The summed E-state index contributed by atoms with van der Waals surface area (Å²) in [6.07, 6.45) is 1.86. The molecule has 1 rings (SSSR count). The normalized spacial score (nSPS) is 10.1. The first-order chi connectivity index (χ1) is 6.19. The Morgan fingerprint density at radius 1 is 1.38 bits per heavy atom. The van der Waals surface area contributed by atoms with Crippen molar-refractivity contribution in [2.45, 2.75) is 26.7 Å². The van der Waals surface area contributed by atoms with E-state index in [-0.39, 0.29) is 0 Å². The number of ether oxygens (including phenoxy) is 1. The molecule has 0 aromatic heterocycles. The molecule has 0 amide bonds. The van der Waals surface area contributed by atoms with Crippen molar-refractivity contribution in [3.63, 3.8) is 0 Å². The molecule has 0 bridgehead atoms. The number of aromatic hydroxyl groups is 1. The Morgan fingerprint density at radius 2 is 2.08 bits per heavy atom. The molecule has 0 fully saturated rings. The van der Waals surface area contributed by atoms with Crippen molar-refractivity contribution < 1.29 is 9.84 Å². The van der Waals surface area contributed by atoms with Gasteiger partial charge in [-0.1, -0.05) is 13.3 Å². The molecule has 0 aliphatic carbocycles. The van der Waals surface area contributed by atoms with Crippen LogP contribution in [-0.2, 0) is 6.42 Å². The van der Waals surface area contributed by atoms with Crippen LogP contribution in [0.4, 0.5) is 0 Å². The van der Waals surface area contributed by atoms with Gasteiger partial charge >= 0.3 is 0 Å². The van der Waals surface area contributed by atoms with Crippen molar-refractivity contribution in [3.8, 4) is 11.5 Å². The zero-order valence-electron chi connectivity index (χ0n) is 8.42. The van der Waals surface area contributed by atoms with Crippen molar-refractivity contribution >= 4 is 0 Å². The number of hydrogen-bond acceptors (Lipinski definition) is 2. The molecule has 13 heavy (non-hydrogen) atoms. The van der Waals surface area contributed by atoms with Gasteiger partial charge in [-0.2, -0.15) is 0 Å². The van der Waals surface area contributed by atoms with E-state index in [9.17, 15) is 5.11 Å². The van der Waals surface area contributed by atoms with Crippen LogP contribution >= 0.6 is 0 Å². The summed E-state index contributed by atoms with van der Waals surface area (Å²) < 4.78 is 5.20. The predicted molar refractivity (Wildman–Crippen MR) is 53.4 cm³/mol. The van der Waals surface area contributed by atoms with Gasteiger partial charge < -0.3 is 9.84 Å². The van der Waals surface area contributed by atoms with E-state index in [1.54, 1.807) is 13.2 Å². The molecule has 0 radical (unpaired) electrons. The standard InChI is InChI=1S/C11H16O2/c1-4-5-9-10(12)6-8(2)7-11(9)13-3/h6-7,12H,4-5H2,1-3H3. The molecular formula is C11H16O2. The molecule has 0 saturated heterocycles. The van der Waals surface area contributed by atoms with E-state index in [4.69, 9.17) is 4.74 Å². The molecule has 0 aliphatic heterocycles. The smallest absolute Gasteiger partial charge is 0.126 e. The third kappa shape index (κ3) is 2.14. The molecule has 1 N–H and O–H groups in total. The molecule has 2 nitrogen and oxygen atoms in total. The summed E-state index contributed by atoms with van der Waals surface area (Å²) >= 11 is 0. The van der Waals surface area contributed by atoms with E-state index >= 15 is 0 Å². The molecule has 0 heterocycles. The Hall–Kier alpha value is -1.18. The number of aryl methyl sites for hydroxylation is 1. The third-order valence-corrected chi connectivity index (χ3v) is 2.05. The summed E-state index contributed by atoms with van der Waals surface area (Å²) in [5.41, 5.74) is 1.94. The highest BCUT2D eigenvalue weighted by Crippen LogP contribution is 2.30. The van der Waals surface area contributed by atoms with Crippen molar-refractivity contribution in [1.82, 2.24) is 0 Å². The average Bonchev–Trinajstić information content (AvgIpc) is 2.09. The van der Waals surface area contributed by atoms with Gasteiger partial charge in [0.1, 0.15) is 11.5 Å². The summed E-state index contributed by atoms with van der Waals surface area (Å²) in [6, 6.07) is 3.72. The van der Waals surface area contributed by atoms with Gasteiger partial charge in [-0.15, -0.1) is 0 Å². The molecular weight excluding hydrogens is 164 g/mol. The van der Waals surface area contributed by atoms with Crippen molar-refractivity contribution in [2.75, 3.05) is 7.11 Å². The molecule has 2 heteroatoms. The lowest BCUT2D eigenvalue weighted by atomic mass is 10.1. The molecule has 0 atom stereocenters. The molecule has 0 aliphatic rings. The maximum atomic E-state index is 9.65. The quantitative estimate of drug-likeness (QED) is 0.774. The monoisotopic (exact) mass is 180 g/mol. The SMILES string of the molecule is CCCc1c(O)cc(C)cc1OC. The highest BCUT2D eigenvalue weighted by Gasteiger charge is 2.08. The second kappa shape index (κ2) is 4.17. The Labute approximate surface area is 79.2 Å². The van der Waals surface area contributed by atoms with Gasteiger partial charge in [0.05, 0.1) is 7.11 Å². The van der Waals surface area contributed by atoms with Gasteiger partial charge in [0.25, 0.3) is 0 Å². The van der Waals surface area contributed by atoms with E-state index in [1.165, 1.54) is 0 Å². The van der Waals surface area contributed by atoms with Gasteiger partial charge in [0, 0.05) is 5.56 Å². The van der Waals surface area contributed by atoms with Gasteiger partial charge in [0.2, 0.25) is 0 Å². The van der Waals surface area contributed by atoms with Crippen molar-refractivity contribution in [2.24, 2.45) is 0 Å². The first-order valence-corrected chi connectivity index (χ1v) is 4.55. The van der Waals surface area contributed by atoms with Gasteiger partial charge in [-0.25, -0.2) is 0 Å². The molecule has 1 aromatic rings. The van der Waals surface area contributed by atoms with Crippen LogP contribution < -0.4 is 4.74 Å². The fraction of sp³-hybridized carbons (Fsp3) is 0.455. The molecule has 0 saturated carbocycles. The maximum Gasteiger partial charge on any atom is 0.126 e. The summed E-state index contributed by atoms with van der Waals surface area (Å²) in [7, 11) is 1.63. The second-order valence-electron chi connectivity index (χ2n) is 3.21. The lowest BCUT2D eigenvalue weighted by molar-refractivity contribution is 0.398. The van der Waals surface area contributed by atoms with Crippen LogP contribution in [0.15, 0.2) is 12.1 Å². The maximum absolute atomic E-state index is 9.65. The van der Waals surface area contributed by atoms with E-state index in [0.29, 0.717) is 5.75 Å². The number of methoxy groups -OCH3 is 1. The third-order valence-electron chi connectivity index (χ3n) is 2.05. The largest absolute Gasteiger partial charge is 0.508 e. The van der Waals surface area contributed by atoms with Crippen LogP contribution in [0.2, 0.25) is 0 Å². The first kappa shape index (κ1) is 9.90. The number of phenols is 1. The van der Waals surface area contributed by atoms with Gasteiger partial charge in [-0.05, 0) is 31.0 Å². The van der Waals surface area contributed by atoms with E-state index < -0.39 is 0 Å². The summed E-state index contributed by atoms with van der Waals surface area (Å²) in [5.74, 6) is 1.14. The van der Waals surface area contributed by atoms with Crippen LogP contribution in [0.3, 0.4) is 0 Å². The summed E-state index contributed by atoms with van der Waals surface area (Å²) in [6.45, 7) is 4.02. The van der Waals surface area contributed by atoms with Crippen LogP contribution in [0.25, 0.3) is 0 Å². The zero-order chi connectivity index (χ0) is 9.84. The second-order valence-corrected chi connectivity index (χ2v) is 3.21. The number of phenolic OH excluding ortho intramolecular Hbond substituents is 1. The Kier molecular flexibility index (Phi) is 3.18. The number of hydrogen-bond donors (Lipinski definition) is 1. The van der Waals surface area contributed by atoms with Crippen LogP contribution in [0, 0.1) is 6.92 Å². The van der Waals surface area contributed by atoms with Crippen molar-refractivity contribution in [3.05, 3.63) is 23.3 Å². The first-order valence-electron chi connectivity index (χ1n) is 4.55. The topological polar surface area (TPSA) is 29.5 Å². The van der Waals surface area contributed by atoms with Crippen LogP contribution in [0.1, 0.15) is 24.5 Å². The highest BCUT2D eigenvalue weighted by molar-refractivity contribution is 5.47. The van der Waals surface area contributed by atoms with Gasteiger partial charge in [-0.3, -0.25) is 0 Å². The van der Waals surface area contributed by atoms with E-state index in [0.717, 1.165) is 29.7 Å². The number of benzene rings is 1.